The van der Waals surface area contributed by atoms with Crippen LogP contribution in [0.2, 0.25) is 0 Å². The van der Waals surface area contributed by atoms with Gasteiger partial charge in [-0.25, -0.2) is 13.1 Å². The van der Waals surface area contributed by atoms with E-state index in [4.69, 9.17) is 4.52 Å². The van der Waals surface area contributed by atoms with Crippen molar-refractivity contribution >= 4 is 10.0 Å². The molecule has 0 spiro atoms. The second-order valence-corrected chi connectivity index (χ2v) is 6.58. The highest BCUT2D eigenvalue weighted by atomic mass is 32.2. The lowest BCUT2D eigenvalue weighted by atomic mass is 10.4. The molecule has 0 amide bonds. The summed E-state index contributed by atoms with van der Waals surface area (Å²) in [6, 6.07) is 3.36. The fraction of sp³-hybridized carbons (Fsp3) is 0.462. The summed E-state index contributed by atoms with van der Waals surface area (Å²) in [7, 11) is -1.73. The summed E-state index contributed by atoms with van der Waals surface area (Å²) in [6.07, 6.45) is 1.60. The highest BCUT2D eigenvalue weighted by Gasteiger charge is 2.17. The first-order chi connectivity index (χ1) is 9.92. The second-order valence-electron chi connectivity index (χ2n) is 4.81. The van der Waals surface area contributed by atoms with E-state index in [1.807, 2.05) is 14.0 Å². The molecule has 0 atom stereocenters. The Bertz CT molecular complexity index is 703. The van der Waals surface area contributed by atoms with Crippen LogP contribution in [0.1, 0.15) is 24.1 Å². The first kappa shape index (κ1) is 15.7. The van der Waals surface area contributed by atoms with Gasteiger partial charge in [0.25, 0.3) is 0 Å². The van der Waals surface area contributed by atoms with Gasteiger partial charge in [0, 0.05) is 31.5 Å². The molecule has 2 N–H and O–H groups in total. The molecule has 2 aromatic rings. The summed E-state index contributed by atoms with van der Waals surface area (Å²) >= 11 is 0. The van der Waals surface area contributed by atoms with Gasteiger partial charge in [0.2, 0.25) is 10.0 Å². The molecule has 0 aliphatic rings. The van der Waals surface area contributed by atoms with Crippen molar-refractivity contribution < 1.29 is 12.9 Å². The molecule has 116 valence electrons. The molecule has 0 aliphatic carbocycles. The molecule has 0 unspecified atom stereocenters. The molecule has 2 rings (SSSR count). The van der Waals surface area contributed by atoms with Crippen molar-refractivity contribution in [2.24, 2.45) is 7.05 Å². The summed E-state index contributed by atoms with van der Waals surface area (Å²) in [5.41, 5.74) is 1.47. The van der Waals surface area contributed by atoms with Crippen molar-refractivity contribution in [2.75, 3.05) is 6.54 Å². The minimum Gasteiger partial charge on any atom is -0.361 e. The van der Waals surface area contributed by atoms with E-state index < -0.39 is 10.0 Å². The third kappa shape index (κ3) is 3.93. The van der Waals surface area contributed by atoms with Crippen LogP contribution in [0.25, 0.3) is 0 Å². The lowest BCUT2D eigenvalue weighted by Crippen LogP contribution is -2.23. The van der Waals surface area contributed by atoms with Crippen molar-refractivity contribution in [1.29, 1.82) is 0 Å². The Morgan fingerprint density at radius 1 is 1.33 bits per heavy atom. The maximum absolute atomic E-state index is 12.2. The van der Waals surface area contributed by atoms with Crippen LogP contribution >= 0.6 is 0 Å². The Kier molecular flexibility index (Phi) is 4.81. The zero-order valence-electron chi connectivity index (χ0n) is 12.4. The van der Waals surface area contributed by atoms with Gasteiger partial charge >= 0.3 is 0 Å². The molecule has 0 fully saturated rings. The lowest BCUT2D eigenvalue weighted by molar-refractivity contribution is 0.390. The highest BCUT2D eigenvalue weighted by molar-refractivity contribution is 7.89. The molecular formula is C13H20N4O3S. The normalized spacial score (nSPS) is 12.0. The Labute approximate surface area is 124 Å². The van der Waals surface area contributed by atoms with Crippen molar-refractivity contribution in [3.63, 3.8) is 0 Å². The third-order valence-electron chi connectivity index (χ3n) is 3.07. The van der Waals surface area contributed by atoms with Crippen molar-refractivity contribution in [3.05, 3.63) is 35.5 Å². The Balaban J connectivity index is 2.08. The molecule has 2 heterocycles. The Morgan fingerprint density at radius 2 is 2.10 bits per heavy atom. The molecule has 0 saturated heterocycles. The van der Waals surface area contributed by atoms with Gasteiger partial charge in [-0.05, 0) is 19.5 Å². The zero-order chi connectivity index (χ0) is 15.5. The molecule has 2 aromatic heterocycles. The van der Waals surface area contributed by atoms with Gasteiger partial charge in [-0.1, -0.05) is 12.1 Å². The number of nitrogens with zero attached hydrogens (tertiary/aromatic N) is 2. The summed E-state index contributed by atoms with van der Waals surface area (Å²) in [5, 5.41) is 6.93. The van der Waals surface area contributed by atoms with E-state index in [2.05, 4.69) is 15.2 Å². The van der Waals surface area contributed by atoms with E-state index >= 15 is 0 Å². The van der Waals surface area contributed by atoms with Crippen LogP contribution in [0.3, 0.4) is 0 Å². The maximum Gasteiger partial charge on any atom is 0.242 e. The molecule has 0 radical (unpaired) electrons. The smallest absolute Gasteiger partial charge is 0.242 e. The lowest BCUT2D eigenvalue weighted by Gasteiger charge is -2.02. The molecule has 0 aromatic carbocycles. The maximum atomic E-state index is 12.2. The number of nitrogens with one attached hydrogen (secondary N) is 2. The van der Waals surface area contributed by atoms with Crippen LogP contribution in [0.5, 0.6) is 0 Å². The predicted octanol–water partition coefficient (Wildman–Crippen LogP) is 0.910. The number of hydrogen-bond donors (Lipinski definition) is 2. The first-order valence-electron chi connectivity index (χ1n) is 6.70. The van der Waals surface area contributed by atoms with E-state index in [1.54, 1.807) is 29.8 Å². The number of hydrogen-bond acceptors (Lipinski definition) is 5. The van der Waals surface area contributed by atoms with Crippen LogP contribution in [-0.2, 0) is 30.2 Å². The SMILES string of the molecule is CCNCc1cc(S(=O)(=O)NCc2cc(C)on2)cn1C. The molecule has 0 bridgehead atoms. The van der Waals surface area contributed by atoms with Crippen LogP contribution in [0, 0.1) is 6.92 Å². The van der Waals surface area contributed by atoms with E-state index in [1.165, 1.54) is 0 Å². The minimum atomic E-state index is -3.56. The molecule has 7 nitrogen and oxygen atoms in total. The largest absolute Gasteiger partial charge is 0.361 e. The quantitative estimate of drug-likeness (QED) is 0.793. The number of rotatable bonds is 7. The van der Waals surface area contributed by atoms with Crippen LogP contribution in [-0.4, -0.2) is 24.7 Å². The van der Waals surface area contributed by atoms with Gasteiger partial charge in [0.1, 0.15) is 5.76 Å². The van der Waals surface area contributed by atoms with Gasteiger partial charge in [-0.3, -0.25) is 0 Å². The van der Waals surface area contributed by atoms with Gasteiger partial charge in [0.15, 0.2) is 0 Å². The monoisotopic (exact) mass is 312 g/mol. The summed E-state index contributed by atoms with van der Waals surface area (Å²) in [6.45, 7) is 5.33. The minimum absolute atomic E-state index is 0.108. The number of aryl methyl sites for hydroxylation is 2. The fourth-order valence-electron chi connectivity index (χ4n) is 1.91. The number of sulfonamides is 1. The van der Waals surface area contributed by atoms with Crippen LogP contribution in [0.15, 0.2) is 27.7 Å². The predicted molar refractivity (Wildman–Crippen MR) is 78.1 cm³/mol. The highest BCUT2D eigenvalue weighted by Crippen LogP contribution is 2.14. The van der Waals surface area contributed by atoms with E-state index in [0.717, 1.165) is 12.2 Å². The summed E-state index contributed by atoms with van der Waals surface area (Å²) in [5.74, 6) is 0.650. The average Bonchev–Trinajstić information content (AvgIpc) is 3.01. The van der Waals surface area contributed by atoms with Gasteiger partial charge in [-0.15, -0.1) is 0 Å². The zero-order valence-corrected chi connectivity index (χ0v) is 13.2. The van der Waals surface area contributed by atoms with Crippen molar-refractivity contribution in [1.82, 2.24) is 19.8 Å². The Hall–Kier alpha value is -1.64. The molecule has 0 aliphatic heterocycles. The van der Waals surface area contributed by atoms with Gasteiger partial charge < -0.3 is 14.4 Å². The molecule has 8 heteroatoms. The summed E-state index contributed by atoms with van der Waals surface area (Å²) in [4.78, 5) is 0.248. The molecular weight excluding hydrogens is 292 g/mol. The summed E-state index contributed by atoms with van der Waals surface area (Å²) < 4.78 is 33.7. The van der Waals surface area contributed by atoms with E-state index in [-0.39, 0.29) is 11.4 Å². The van der Waals surface area contributed by atoms with Gasteiger partial charge in [-0.2, -0.15) is 0 Å². The van der Waals surface area contributed by atoms with Crippen molar-refractivity contribution in [2.45, 2.75) is 31.8 Å². The Morgan fingerprint density at radius 3 is 2.71 bits per heavy atom. The van der Waals surface area contributed by atoms with Crippen molar-refractivity contribution in [3.8, 4) is 0 Å². The van der Waals surface area contributed by atoms with E-state index in [9.17, 15) is 8.42 Å². The van der Waals surface area contributed by atoms with Crippen LogP contribution in [0.4, 0.5) is 0 Å². The average molecular weight is 312 g/mol. The van der Waals surface area contributed by atoms with Gasteiger partial charge in [0.05, 0.1) is 17.1 Å². The standard InChI is InChI=1S/C13H20N4O3S/c1-4-14-8-12-6-13(9-17(12)3)21(18,19)15-7-11-5-10(2)20-16-11/h5-6,9,14-15H,4,7-8H2,1-3H3. The van der Waals surface area contributed by atoms with Crippen LogP contribution < -0.4 is 10.0 Å². The fourth-order valence-corrected chi connectivity index (χ4v) is 3.00. The first-order valence-corrected chi connectivity index (χ1v) is 8.18. The van der Waals surface area contributed by atoms with E-state index in [0.29, 0.717) is 18.0 Å². The second kappa shape index (κ2) is 6.42. The third-order valence-corrected chi connectivity index (χ3v) is 4.44. The topological polar surface area (TPSA) is 89.2 Å². The molecule has 0 saturated carbocycles. The molecule has 21 heavy (non-hydrogen) atoms. The number of aromatic nitrogens is 2.